The molecule has 4 rings (SSSR count). The highest BCUT2D eigenvalue weighted by atomic mass is 32.2. The average Bonchev–Trinajstić information content (AvgIpc) is 3.22. The summed E-state index contributed by atoms with van der Waals surface area (Å²) >= 11 is 1.40. The zero-order valence-electron chi connectivity index (χ0n) is 23.4. The lowest BCUT2D eigenvalue weighted by Crippen LogP contribution is -2.36. The van der Waals surface area contributed by atoms with Crippen LogP contribution in [0.4, 0.5) is 22.0 Å². The topological polar surface area (TPSA) is 49.7 Å². The van der Waals surface area contributed by atoms with E-state index in [0.717, 1.165) is 67.6 Å². The molecule has 0 unspecified atom stereocenters. The van der Waals surface area contributed by atoms with Gasteiger partial charge in [-0.2, -0.15) is 33.7 Å². The van der Waals surface area contributed by atoms with Gasteiger partial charge in [0.25, 0.3) is 0 Å². The van der Waals surface area contributed by atoms with Crippen LogP contribution in [0.15, 0.2) is 48.5 Å². The van der Waals surface area contributed by atoms with Gasteiger partial charge in [-0.15, -0.1) is 0 Å². The first kappa shape index (κ1) is 31.7. The molecule has 0 saturated heterocycles. The van der Waals surface area contributed by atoms with E-state index in [1.807, 2.05) is 24.3 Å². The molecule has 2 N–H and O–H groups in total. The number of phenols is 1. The summed E-state index contributed by atoms with van der Waals surface area (Å²) in [5, 5.41) is 20.6. The highest BCUT2D eigenvalue weighted by molar-refractivity contribution is 7.99. The molecule has 0 bridgehead atoms. The standard InChI is InChI=1S/C32H39F5O3S/c1-30-21-28(27(20-24(30)10-15-29(30)39)22-6-11-25(38)12-7-22)23-8-13-26(14-9-23)40-17-3-2-4-18-41-19-5-16-31(33,34)32(35,36)37/h6-9,11-14,24,29,38-39H,2-5,10,15-21H2,1H3/t24-,29-,30-/m0/s1. The highest BCUT2D eigenvalue weighted by Gasteiger charge is 2.56. The number of fused-ring (bicyclic) bond motifs is 1. The third kappa shape index (κ3) is 7.78. The fourth-order valence-corrected chi connectivity index (χ4v) is 7.00. The number of unbranched alkanes of at least 4 members (excludes halogenated alkanes) is 2. The maximum Gasteiger partial charge on any atom is 0.453 e. The molecule has 0 radical (unpaired) electrons. The van der Waals surface area contributed by atoms with Crippen molar-refractivity contribution < 1.29 is 36.9 Å². The van der Waals surface area contributed by atoms with Crippen LogP contribution in [0, 0.1) is 11.3 Å². The number of benzene rings is 2. The largest absolute Gasteiger partial charge is 0.508 e. The van der Waals surface area contributed by atoms with Crippen LogP contribution >= 0.6 is 11.8 Å². The Kier molecular flexibility index (Phi) is 10.3. The average molecular weight is 599 g/mol. The van der Waals surface area contributed by atoms with Crippen molar-refractivity contribution >= 4 is 22.9 Å². The first-order valence-corrected chi connectivity index (χ1v) is 15.5. The highest BCUT2D eigenvalue weighted by Crippen LogP contribution is 2.57. The van der Waals surface area contributed by atoms with E-state index < -0.39 is 18.5 Å². The fraction of sp³-hybridized carbons (Fsp3) is 0.562. The zero-order valence-corrected chi connectivity index (χ0v) is 24.2. The lowest BCUT2D eigenvalue weighted by Gasteiger charge is -2.41. The number of rotatable bonds is 13. The van der Waals surface area contributed by atoms with Crippen LogP contribution < -0.4 is 4.74 Å². The Balaban J connectivity index is 1.25. The molecule has 226 valence electrons. The fourth-order valence-electron chi connectivity index (χ4n) is 6.04. The van der Waals surface area contributed by atoms with Gasteiger partial charge in [0.15, 0.2) is 0 Å². The van der Waals surface area contributed by atoms with Crippen LogP contribution in [0.1, 0.15) is 75.8 Å². The van der Waals surface area contributed by atoms with Gasteiger partial charge in [0, 0.05) is 11.8 Å². The van der Waals surface area contributed by atoms with Gasteiger partial charge >= 0.3 is 12.1 Å². The Morgan fingerprint density at radius 2 is 1.49 bits per heavy atom. The lowest BCUT2D eigenvalue weighted by atomic mass is 9.64. The van der Waals surface area contributed by atoms with Gasteiger partial charge < -0.3 is 14.9 Å². The maximum absolute atomic E-state index is 12.9. The van der Waals surface area contributed by atoms with Crippen LogP contribution in [-0.4, -0.2) is 46.5 Å². The minimum atomic E-state index is -5.47. The van der Waals surface area contributed by atoms with Crippen molar-refractivity contribution in [1.82, 2.24) is 0 Å². The Bertz CT molecular complexity index is 1160. The lowest BCUT2D eigenvalue weighted by molar-refractivity contribution is -0.284. The number of aromatic hydroxyl groups is 1. The van der Waals surface area contributed by atoms with Crippen LogP contribution in [0.2, 0.25) is 0 Å². The van der Waals surface area contributed by atoms with Crippen LogP contribution in [0.5, 0.6) is 11.5 Å². The Labute approximate surface area is 243 Å². The molecule has 1 fully saturated rings. The SMILES string of the molecule is C[C@]12CC(c3ccc(OCCCCCSCCCC(F)(F)C(F)(F)F)cc3)=C(c3ccc(O)cc3)C[C@@H]1CC[C@@H]2O. The second-order valence-corrected chi connectivity index (χ2v) is 12.8. The van der Waals surface area contributed by atoms with Crippen molar-refractivity contribution in [2.24, 2.45) is 11.3 Å². The Hall–Kier alpha value is -2.26. The van der Waals surface area contributed by atoms with E-state index in [1.54, 1.807) is 12.1 Å². The van der Waals surface area contributed by atoms with E-state index >= 15 is 0 Å². The number of aliphatic hydroxyl groups excluding tert-OH is 1. The molecule has 0 amide bonds. The van der Waals surface area contributed by atoms with E-state index in [9.17, 15) is 32.2 Å². The van der Waals surface area contributed by atoms with Gasteiger partial charge in [-0.05, 0) is 115 Å². The zero-order chi connectivity index (χ0) is 29.7. The van der Waals surface area contributed by atoms with Gasteiger partial charge in [0.1, 0.15) is 11.5 Å². The van der Waals surface area contributed by atoms with Crippen molar-refractivity contribution in [1.29, 1.82) is 0 Å². The van der Waals surface area contributed by atoms with Gasteiger partial charge in [-0.25, -0.2) is 0 Å². The summed E-state index contributed by atoms with van der Waals surface area (Å²) in [6.45, 7) is 2.74. The Morgan fingerprint density at radius 3 is 2.17 bits per heavy atom. The number of alkyl halides is 5. The van der Waals surface area contributed by atoms with Crippen LogP contribution in [-0.2, 0) is 0 Å². The molecule has 0 heterocycles. The number of ether oxygens (including phenoxy) is 1. The number of aliphatic hydroxyl groups is 1. The second kappa shape index (κ2) is 13.4. The van der Waals surface area contributed by atoms with E-state index in [0.29, 0.717) is 12.5 Å². The van der Waals surface area contributed by atoms with Crippen molar-refractivity contribution in [2.45, 2.75) is 82.9 Å². The normalized spacial score (nSPS) is 23.1. The molecule has 2 aromatic carbocycles. The summed E-state index contributed by atoms with van der Waals surface area (Å²) in [5.41, 5.74) is 4.53. The van der Waals surface area contributed by atoms with Gasteiger partial charge in [0.05, 0.1) is 12.7 Å². The van der Waals surface area contributed by atoms with Crippen molar-refractivity contribution in [3.05, 3.63) is 59.7 Å². The monoisotopic (exact) mass is 598 g/mol. The van der Waals surface area contributed by atoms with Gasteiger partial charge in [0.2, 0.25) is 0 Å². The maximum atomic E-state index is 12.9. The summed E-state index contributed by atoms with van der Waals surface area (Å²) in [4.78, 5) is 0. The molecule has 0 aliphatic heterocycles. The number of hydrogen-bond donors (Lipinski definition) is 2. The quantitative estimate of drug-likeness (QED) is 0.178. The minimum Gasteiger partial charge on any atom is -0.508 e. The predicted octanol–water partition coefficient (Wildman–Crippen LogP) is 9.13. The third-order valence-electron chi connectivity index (χ3n) is 8.67. The summed E-state index contributed by atoms with van der Waals surface area (Å²) in [6, 6.07) is 15.4. The van der Waals surface area contributed by atoms with E-state index in [1.165, 1.54) is 22.9 Å². The smallest absolute Gasteiger partial charge is 0.453 e. The summed E-state index contributed by atoms with van der Waals surface area (Å²) < 4.78 is 68.3. The molecular weight excluding hydrogens is 559 g/mol. The number of allylic oxidation sites excluding steroid dienone is 2. The molecular formula is C32H39F5O3S. The van der Waals surface area contributed by atoms with Crippen molar-refractivity contribution in [2.75, 3.05) is 18.1 Å². The first-order valence-electron chi connectivity index (χ1n) is 14.4. The van der Waals surface area contributed by atoms with Crippen LogP contribution in [0.25, 0.3) is 11.1 Å². The minimum absolute atomic E-state index is 0.155. The predicted molar refractivity (Wildman–Crippen MR) is 154 cm³/mol. The molecule has 2 aliphatic carbocycles. The summed E-state index contributed by atoms with van der Waals surface area (Å²) in [6.07, 6.45) is -1.03. The molecule has 3 atom stereocenters. The van der Waals surface area contributed by atoms with Crippen LogP contribution in [0.3, 0.4) is 0 Å². The van der Waals surface area contributed by atoms with Gasteiger partial charge in [-0.1, -0.05) is 31.2 Å². The summed E-state index contributed by atoms with van der Waals surface area (Å²) in [7, 11) is 0. The molecule has 2 aliphatic rings. The number of hydrogen-bond acceptors (Lipinski definition) is 4. The summed E-state index contributed by atoms with van der Waals surface area (Å²) in [5.74, 6) is -2.17. The number of halogens is 5. The second-order valence-electron chi connectivity index (χ2n) is 11.5. The van der Waals surface area contributed by atoms with Crippen molar-refractivity contribution in [3.8, 4) is 11.5 Å². The van der Waals surface area contributed by atoms with Crippen molar-refractivity contribution in [3.63, 3.8) is 0 Å². The molecule has 0 spiro atoms. The molecule has 9 heteroatoms. The molecule has 41 heavy (non-hydrogen) atoms. The van der Waals surface area contributed by atoms with E-state index in [-0.39, 0.29) is 29.4 Å². The molecule has 2 aromatic rings. The third-order valence-corrected chi connectivity index (χ3v) is 9.82. The Morgan fingerprint density at radius 1 is 0.854 bits per heavy atom. The number of thioether (sulfide) groups is 1. The number of phenolic OH excluding ortho intramolecular Hbond substituents is 1. The molecule has 3 nitrogen and oxygen atoms in total. The van der Waals surface area contributed by atoms with E-state index in [2.05, 4.69) is 19.1 Å². The molecule has 1 saturated carbocycles. The first-order chi connectivity index (χ1) is 19.4. The van der Waals surface area contributed by atoms with E-state index in [4.69, 9.17) is 4.74 Å². The van der Waals surface area contributed by atoms with Gasteiger partial charge in [-0.3, -0.25) is 0 Å². The molecule has 0 aromatic heterocycles.